The molecule has 0 aliphatic carbocycles. The van der Waals surface area contributed by atoms with E-state index in [4.69, 9.17) is 19.4 Å². The fourth-order valence-electron chi connectivity index (χ4n) is 8.75. The van der Waals surface area contributed by atoms with Crippen LogP contribution in [0.4, 0.5) is 17.1 Å². The predicted octanol–water partition coefficient (Wildman–Crippen LogP) is 15.4. The molecule has 0 N–H and O–H groups in total. The van der Waals surface area contributed by atoms with Crippen LogP contribution in [0.25, 0.3) is 99.5 Å². The molecule has 0 aliphatic rings. The first-order valence-corrected chi connectivity index (χ1v) is 20.8. The number of rotatable bonds is 7. The van der Waals surface area contributed by atoms with Crippen molar-refractivity contribution in [3.05, 3.63) is 218 Å². The summed E-state index contributed by atoms with van der Waals surface area (Å²) in [4.78, 5) is 17.6. The lowest BCUT2D eigenvalue weighted by Gasteiger charge is -2.27. The van der Waals surface area contributed by atoms with Gasteiger partial charge in [-0.2, -0.15) is 0 Å². The Morgan fingerprint density at radius 3 is 1.52 bits per heavy atom. The summed E-state index contributed by atoms with van der Waals surface area (Å²) in [5.41, 5.74) is 9.69. The molecule has 0 spiro atoms. The molecule has 5 nitrogen and oxygen atoms in total. The van der Waals surface area contributed by atoms with Gasteiger partial charge >= 0.3 is 0 Å². The molecule has 290 valence electrons. The minimum Gasteiger partial charge on any atom is -0.454 e. The summed E-state index contributed by atoms with van der Waals surface area (Å²) in [7, 11) is 0. The Balaban J connectivity index is 1.07. The summed E-state index contributed by atoms with van der Waals surface area (Å²) >= 11 is 0. The van der Waals surface area contributed by atoms with Crippen molar-refractivity contribution in [3.63, 3.8) is 0 Å². The van der Waals surface area contributed by atoms with Crippen LogP contribution in [0, 0.1) is 0 Å². The lowest BCUT2D eigenvalue weighted by Crippen LogP contribution is -2.11. The van der Waals surface area contributed by atoms with E-state index in [0.717, 1.165) is 82.8 Å². The van der Waals surface area contributed by atoms with Gasteiger partial charge in [0.05, 0.1) is 5.69 Å². The van der Waals surface area contributed by atoms with E-state index in [-0.39, 0.29) is 0 Å². The second-order valence-electron chi connectivity index (χ2n) is 15.6. The number of hydrogen-bond acceptors (Lipinski definition) is 5. The topological polar surface area (TPSA) is 55.1 Å². The Hall–Kier alpha value is -8.41. The van der Waals surface area contributed by atoms with Crippen LogP contribution in [0.2, 0.25) is 0 Å². The number of hydrogen-bond donors (Lipinski definition) is 0. The van der Waals surface area contributed by atoms with E-state index in [1.54, 1.807) is 0 Å². The number of aromatic nitrogens is 3. The highest BCUT2D eigenvalue weighted by molar-refractivity contribution is 6.20. The monoisotopic (exact) mass is 792 g/mol. The van der Waals surface area contributed by atoms with E-state index in [2.05, 4.69) is 193 Å². The van der Waals surface area contributed by atoms with Gasteiger partial charge in [-0.25, -0.2) is 15.0 Å². The van der Waals surface area contributed by atoms with E-state index in [9.17, 15) is 0 Å². The number of fused-ring (bicyclic) bond motifs is 6. The van der Waals surface area contributed by atoms with E-state index in [1.165, 1.54) is 16.3 Å². The molecular formula is C57H36N4O. The zero-order valence-electron chi connectivity index (χ0n) is 33.5. The zero-order chi connectivity index (χ0) is 41.0. The number of anilines is 3. The molecule has 0 fully saturated rings. The summed E-state index contributed by atoms with van der Waals surface area (Å²) in [6.45, 7) is 0. The van der Waals surface area contributed by atoms with Gasteiger partial charge in [-0.15, -0.1) is 0 Å². The number of nitrogens with zero attached hydrogens (tertiary/aromatic N) is 4. The first kappa shape index (κ1) is 35.5. The molecule has 12 aromatic rings. The molecule has 2 heterocycles. The van der Waals surface area contributed by atoms with Gasteiger partial charge in [0.25, 0.3) is 0 Å². The summed E-state index contributed by atoms with van der Waals surface area (Å²) in [6, 6.07) is 76.5. The van der Waals surface area contributed by atoms with E-state index < -0.39 is 0 Å². The van der Waals surface area contributed by atoms with Gasteiger partial charge < -0.3 is 9.32 Å². The summed E-state index contributed by atoms with van der Waals surface area (Å²) < 4.78 is 7.02. The molecule has 5 heteroatoms. The minimum absolute atomic E-state index is 0.593. The van der Waals surface area contributed by atoms with Crippen molar-refractivity contribution in [1.82, 2.24) is 15.0 Å². The number of benzene rings is 10. The van der Waals surface area contributed by atoms with Crippen LogP contribution >= 0.6 is 0 Å². The largest absolute Gasteiger partial charge is 0.454 e. The minimum atomic E-state index is 0.593. The van der Waals surface area contributed by atoms with Gasteiger partial charge in [-0.05, 0) is 92.7 Å². The highest BCUT2D eigenvalue weighted by atomic mass is 16.3. The van der Waals surface area contributed by atoms with Crippen LogP contribution in [-0.2, 0) is 0 Å². The molecule has 2 aromatic heterocycles. The van der Waals surface area contributed by atoms with E-state index in [0.29, 0.717) is 17.5 Å². The van der Waals surface area contributed by atoms with Gasteiger partial charge in [0, 0.05) is 44.2 Å². The van der Waals surface area contributed by atoms with Gasteiger partial charge in [0.1, 0.15) is 5.58 Å². The smallest absolute Gasteiger partial charge is 0.164 e. The van der Waals surface area contributed by atoms with Gasteiger partial charge in [0.2, 0.25) is 0 Å². The van der Waals surface area contributed by atoms with E-state index in [1.807, 2.05) is 30.3 Å². The van der Waals surface area contributed by atoms with Crippen molar-refractivity contribution in [2.24, 2.45) is 0 Å². The van der Waals surface area contributed by atoms with Gasteiger partial charge in [0.15, 0.2) is 23.1 Å². The third-order valence-electron chi connectivity index (χ3n) is 11.8. The van der Waals surface area contributed by atoms with Crippen molar-refractivity contribution in [1.29, 1.82) is 0 Å². The average Bonchev–Trinajstić information content (AvgIpc) is 3.71. The lowest BCUT2D eigenvalue weighted by molar-refractivity contribution is 0.669. The molecular weight excluding hydrogens is 757 g/mol. The Morgan fingerprint density at radius 1 is 0.306 bits per heavy atom. The molecule has 0 unspecified atom stereocenters. The van der Waals surface area contributed by atoms with E-state index >= 15 is 0 Å². The first-order valence-electron chi connectivity index (χ1n) is 20.8. The average molecular weight is 793 g/mol. The van der Waals surface area contributed by atoms with Crippen molar-refractivity contribution in [3.8, 4) is 45.3 Å². The molecule has 10 aromatic carbocycles. The lowest BCUT2D eigenvalue weighted by atomic mass is 10.00. The molecule has 0 saturated heterocycles. The third-order valence-corrected chi connectivity index (χ3v) is 11.8. The molecule has 0 amide bonds. The summed E-state index contributed by atoms with van der Waals surface area (Å²) in [5.74, 6) is 1.83. The SMILES string of the molecule is c1ccc(-c2ccc(N(c3ccc4ccccc4c3)c3c4ccccc4cc4c3oc3ccc(-c5nc(-c6ccccc6)nc(-c6ccc7ccccc7c6)n5)cc34)cc2)cc1. The number of furan rings is 1. The maximum atomic E-state index is 7.02. The predicted molar refractivity (Wildman–Crippen MR) is 256 cm³/mol. The second kappa shape index (κ2) is 14.7. The second-order valence-corrected chi connectivity index (χ2v) is 15.6. The standard InChI is InChI=1S/C57H36N4O/c1-3-13-37(14-4-1)40-25-29-47(30-26-40)61(48-31-27-39-16-8-10-20-43(39)34-48)53-49-22-12-11-21-44(49)35-51-50-36-46(28-32-52(50)62-54(51)53)57-59-55(41-17-5-2-6-18-41)58-56(60-57)45-24-23-38-15-7-9-19-42(38)33-45/h1-36H. The summed E-state index contributed by atoms with van der Waals surface area (Å²) in [6.07, 6.45) is 0. The fraction of sp³-hybridized carbons (Fsp3) is 0. The zero-order valence-corrected chi connectivity index (χ0v) is 33.5. The first-order chi connectivity index (χ1) is 30.7. The molecule has 0 bridgehead atoms. The quantitative estimate of drug-likeness (QED) is 0.161. The fourth-order valence-corrected chi connectivity index (χ4v) is 8.75. The summed E-state index contributed by atoms with van der Waals surface area (Å²) in [5, 5.41) is 8.84. The molecule has 0 atom stereocenters. The molecule has 0 radical (unpaired) electrons. The van der Waals surface area contributed by atoms with Crippen molar-refractivity contribution >= 4 is 71.3 Å². The Kier molecular flexibility index (Phi) is 8.42. The van der Waals surface area contributed by atoms with Crippen LogP contribution in [0.1, 0.15) is 0 Å². The van der Waals surface area contributed by atoms with Gasteiger partial charge in [-0.1, -0.05) is 164 Å². The highest BCUT2D eigenvalue weighted by Crippen LogP contribution is 2.47. The maximum Gasteiger partial charge on any atom is 0.164 e. The highest BCUT2D eigenvalue weighted by Gasteiger charge is 2.24. The third kappa shape index (κ3) is 6.23. The van der Waals surface area contributed by atoms with Crippen LogP contribution in [-0.4, -0.2) is 15.0 Å². The van der Waals surface area contributed by atoms with Crippen LogP contribution in [0.5, 0.6) is 0 Å². The Labute approximate surface area is 357 Å². The molecule has 0 saturated carbocycles. The normalized spacial score (nSPS) is 11.5. The molecule has 62 heavy (non-hydrogen) atoms. The van der Waals surface area contributed by atoms with Crippen molar-refractivity contribution in [2.75, 3.05) is 4.90 Å². The van der Waals surface area contributed by atoms with Crippen LogP contribution in [0.15, 0.2) is 223 Å². The maximum absolute atomic E-state index is 7.02. The molecule has 0 aliphatic heterocycles. The van der Waals surface area contributed by atoms with Crippen molar-refractivity contribution in [2.45, 2.75) is 0 Å². The van der Waals surface area contributed by atoms with Crippen molar-refractivity contribution < 1.29 is 4.42 Å². The van der Waals surface area contributed by atoms with Crippen LogP contribution in [0.3, 0.4) is 0 Å². The van der Waals surface area contributed by atoms with Crippen LogP contribution < -0.4 is 4.90 Å². The Bertz CT molecular complexity index is 3640. The molecule has 12 rings (SSSR count). The Morgan fingerprint density at radius 2 is 0.806 bits per heavy atom. The van der Waals surface area contributed by atoms with Gasteiger partial charge in [-0.3, -0.25) is 0 Å².